The smallest absolute Gasteiger partial charge is 0.414 e. The summed E-state index contributed by atoms with van der Waals surface area (Å²) in [7, 11) is -2.05. The molecule has 0 aromatic heterocycles. The van der Waals surface area contributed by atoms with Crippen LogP contribution in [0.4, 0.5) is 10.5 Å². The van der Waals surface area contributed by atoms with Crippen LogP contribution < -0.4 is 16.4 Å². The molecule has 1 aliphatic carbocycles. The number of ether oxygens (including phenoxy) is 1. The van der Waals surface area contributed by atoms with Gasteiger partial charge in [0, 0.05) is 25.8 Å². The van der Waals surface area contributed by atoms with Crippen molar-refractivity contribution in [2.75, 3.05) is 25.0 Å². The highest BCUT2D eigenvalue weighted by Gasteiger charge is 2.48. The second-order valence-electron chi connectivity index (χ2n) is 10.8. The Labute approximate surface area is 202 Å². The first-order chi connectivity index (χ1) is 15.6. The summed E-state index contributed by atoms with van der Waals surface area (Å²) in [5.41, 5.74) is 12.8. The van der Waals surface area contributed by atoms with Crippen molar-refractivity contribution in [3.63, 3.8) is 0 Å². The molecule has 34 heavy (non-hydrogen) atoms. The third-order valence-corrected chi connectivity index (χ3v) is 9.10. The number of piperidine rings is 1. The largest absolute Gasteiger partial charge is 0.443 e. The summed E-state index contributed by atoms with van der Waals surface area (Å²) in [6, 6.07) is 3.68. The lowest BCUT2D eigenvalue weighted by Gasteiger charge is -2.38. The fraction of sp³-hybridized carbons (Fsp3) is 0.667. The van der Waals surface area contributed by atoms with Gasteiger partial charge in [0.15, 0.2) is 0 Å². The normalized spacial score (nSPS) is 20.0. The zero-order chi connectivity index (χ0) is 25.6. The molecule has 2 amide bonds. The molecule has 0 spiro atoms. The van der Waals surface area contributed by atoms with Crippen molar-refractivity contribution in [1.82, 2.24) is 4.31 Å². The molecule has 4 N–H and O–H groups in total. The van der Waals surface area contributed by atoms with Gasteiger partial charge >= 0.3 is 6.09 Å². The first kappa shape index (κ1) is 26.4. The van der Waals surface area contributed by atoms with Crippen LogP contribution in [-0.4, -0.2) is 56.0 Å². The van der Waals surface area contributed by atoms with Crippen molar-refractivity contribution < 1.29 is 22.7 Å². The molecule has 1 aliphatic heterocycles. The average Bonchev–Trinajstić information content (AvgIpc) is 3.53. The Balaban J connectivity index is 1.91. The van der Waals surface area contributed by atoms with Gasteiger partial charge in [0.25, 0.3) is 0 Å². The Morgan fingerprint density at radius 2 is 1.65 bits per heavy atom. The summed E-state index contributed by atoms with van der Waals surface area (Å²) >= 11 is 0. The van der Waals surface area contributed by atoms with E-state index in [1.807, 2.05) is 46.8 Å². The molecule has 2 fully saturated rings. The topological polar surface area (TPSA) is 136 Å². The summed E-state index contributed by atoms with van der Waals surface area (Å²) < 4.78 is 34.6. The second-order valence-corrected chi connectivity index (χ2v) is 12.8. The number of nitrogens with two attached hydrogens (primary N) is 2. The summed E-state index contributed by atoms with van der Waals surface area (Å²) in [6.07, 6.45) is 1.63. The maximum atomic E-state index is 13.8. The van der Waals surface area contributed by atoms with E-state index < -0.39 is 38.4 Å². The number of aryl methyl sites for hydroxylation is 2. The summed E-state index contributed by atoms with van der Waals surface area (Å²) in [5.74, 6) is -0.558. The number of anilines is 1. The summed E-state index contributed by atoms with van der Waals surface area (Å²) in [4.78, 5) is 25.7. The molecule has 1 atom stereocenters. The number of sulfonamides is 1. The van der Waals surface area contributed by atoms with Gasteiger partial charge in [0.05, 0.1) is 5.54 Å². The minimum atomic E-state index is -3.69. The minimum Gasteiger partial charge on any atom is -0.443 e. The average molecular weight is 495 g/mol. The number of rotatable bonds is 6. The Morgan fingerprint density at radius 1 is 1.15 bits per heavy atom. The van der Waals surface area contributed by atoms with Gasteiger partial charge in [0.2, 0.25) is 15.9 Å². The molecule has 1 saturated carbocycles. The number of nitrogens with zero attached hydrogens (tertiary/aromatic N) is 2. The number of amides is 2. The highest BCUT2D eigenvalue weighted by Crippen LogP contribution is 2.49. The molecule has 1 heterocycles. The molecule has 1 saturated heterocycles. The molecule has 3 rings (SSSR count). The fourth-order valence-corrected chi connectivity index (χ4v) is 7.04. The molecule has 0 bridgehead atoms. The van der Waals surface area contributed by atoms with Crippen LogP contribution in [0.25, 0.3) is 0 Å². The maximum Gasteiger partial charge on any atom is 0.414 e. The van der Waals surface area contributed by atoms with Crippen LogP contribution in [-0.2, 0) is 19.6 Å². The number of primary amides is 1. The van der Waals surface area contributed by atoms with Crippen LogP contribution in [0.5, 0.6) is 0 Å². The van der Waals surface area contributed by atoms with Crippen LogP contribution in [0.15, 0.2) is 12.1 Å². The van der Waals surface area contributed by atoms with E-state index in [1.165, 1.54) is 9.21 Å². The third-order valence-electron chi connectivity index (χ3n) is 6.75. The van der Waals surface area contributed by atoms with Gasteiger partial charge in [-0.05, 0) is 95.0 Å². The molecule has 10 heteroatoms. The monoisotopic (exact) mass is 494 g/mol. The highest BCUT2D eigenvalue weighted by atomic mass is 32.2. The number of hydrogen-bond donors (Lipinski definition) is 2. The lowest BCUT2D eigenvalue weighted by Crippen LogP contribution is -2.59. The zero-order valence-corrected chi connectivity index (χ0v) is 21.9. The molecule has 1 unspecified atom stereocenters. The van der Waals surface area contributed by atoms with E-state index in [4.69, 9.17) is 16.2 Å². The quantitative estimate of drug-likeness (QED) is 0.624. The Kier molecular flexibility index (Phi) is 7.09. The van der Waals surface area contributed by atoms with Gasteiger partial charge < -0.3 is 16.2 Å². The van der Waals surface area contributed by atoms with E-state index in [9.17, 15) is 18.0 Å². The molecule has 0 radical (unpaired) electrons. The van der Waals surface area contributed by atoms with Crippen LogP contribution >= 0.6 is 0 Å². The SMILES string of the molecule is Cc1cc(N(C)C(=O)OC(C)(C)C)cc(C)c1C(C1CC1)S(=O)(=O)N1CCC(N)(C(N)=O)CC1. The Morgan fingerprint density at radius 3 is 2.06 bits per heavy atom. The van der Waals surface area contributed by atoms with Gasteiger partial charge in [0.1, 0.15) is 10.9 Å². The van der Waals surface area contributed by atoms with Crippen LogP contribution in [0, 0.1) is 19.8 Å². The van der Waals surface area contributed by atoms with Gasteiger partial charge in [-0.15, -0.1) is 0 Å². The molecule has 1 aromatic carbocycles. The van der Waals surface area contributed by atoms with Gasteiger partial charge in [-0.2, -0.15) is 0 Å². The van der Waals surface area contributed by atoms with E-state index in [0.717, 1.165) is 29.5 Å². The first-order valence-electron chi connectivity index (χ1n) is 11.7. The molecule has 2 aliphatic rings. The van der Waals surface area contributed by atoms with E-state index >= 15 is 0 Å². The molecular weight excluding hydrogens is 456 g/mol. The maximum absolute atomic E-state index is 13.8. The fourth-order valence-electron chi connectivity index (χ4n) is 4.60. The summed E-state index contributed by atoms with van der Waals surface area (Å²) in [5, 5.41) is -0.674. The van der Waals surface area contributed by atoms with Gasteiger partial charge in [-0.25, -0.2) is 17.5 Å². The lowest BCUT2D eigenvalue weighted by atomic mass is 9.89. The zero-order valence-electron chi connectivity index (χ0n) is 21.1. The van der Waals surface area contributed by atoms with E-state index in [0.29, 0.717) is 5.69 Å². The number of carbonyl (C=O) groups is 2. The lowest BCUT2D eigenvalue weighted by molar-refractivity contribution is -0.124. The Hall–Kier alpha value is -2.17. The van der Waals surface area contributed by atoms with Crippen molar-refractivity contribution >= 4 is 27.7 Å². The first-order valence-corrected chi connectivity index (χ1v) is 13.2. The number of benzene rings is 1. The highest BCUT2D eigenvalue weighted by molar-refractivity contribution is 7.89. The molecule has 1 aromatic rings. The van der Waals surface area contributed by atoms with E-state index in [-0.39, 0.29) is 31.8 Å². The molecular formula is C24H38N4O5S. The van der Waals surface area contributed by atoms with Gasteiger partial charge in [-0.1, -0.05) is 0 Å². The standard InChI is InChI=1S/C24H38N4O5S/c1-15-13-18(27(6)22(30)33-23(3,4)5)14-16(2)19(15)20(17-7-8-17)34(31,32)28-11-9-24(26,10-12-28)21(25)29/h13-14,17,20H,7-12,26H2,1-6H3,(H2,25,29). The second kappa shape index (κ2) is 9.13. The Bertz CT molecular complexity index is 1040. The number of carbonyl (C=O) groups excluding carboxylic acids is 2. The predicted molar refractivity (Wildman–Crippen MR) is 132 cm³/mol. The van der Waals surface area contributed by atoms with Crippen molar-refractivity contribution in [2.45, 2.75) is 76.7 Å². The van der Waals surface area contributed by atoms with Crippen molar-refractivity contribution in [2.24, 2.45) is 17.4 Å². The molecule has 9 nitrogen and oxygen atoms in total. The van der Waals surface area contributed by atoms with Crippen molar-refractivity contribution in [3.05, 3.63) is 28.8 Å². The number of hydrogen-bond acceptors (Lipinski definition) is 6. The van der Waals surface area contributed by atoms with Crippen LogP contribution in [0.3, 0.4) is 0 Å². The van der Waals surface area contributed by atoms with E-state index in [1.54, 1.807) is 7.05 Å². The van der Waals surface area contributed by atoms with Gasteiger partial charge in [-0.3, -0.25) is 9.69 Å². The summed E-state index contributed by atoms with van der Waals surface area (Å²) in [6.45, 7) is 9.53. The van der Waals surface area contributed by atoms with Crippen LogP contribution in [0.1, 0.15) is 68.4 Å². The van der Waals surface area contributed by atoms with E-state index in [2.05, 4.69) is 0 Å². The van der Waals surface area contributed by atoms with Crippen LogP contribution in [0.2, 0.25) is 0 Å². The third kappa shape index (κ3) is 5.39. The predicted octanol–water partition coefficient (Wildman–Crippen LogP) is 2.73. The van der Waals surface area contributed by atoms with Crippen molar-refractivity contribution in [1.29, 1.82) is 0 Å². The van der Waals surface area contributed by atoms with Crippen molar-refractivity contribution in [3.8, 4) is 0 Å². The minimum absolute atomic E-state index is 0.0394. The molecule has 190 valence electrons.